The normalized spacial score (nSPS) is 16.4. The van der Waals surface area contributed by atoms with Crippen LogP contribution in [0.2, 0.25) is 13.1 Å². The molecule has 2 unspecified atom stereocenters. The van der Waals surface area contributed by atoms with Crippen LogP contribution < -0.4 is 10.1 Å². The van der Waals surface area contributed by atoms with E-state index in [0.717, 1.165) is 22.5 Å². The number of hydrogen-bond donors (Lipinski definition) is 0. The molecule has 10 rings (SSSR count). The third-order valence-electron chi connectivity index (χ3n) is 10.8. The molecule has 0 saturated heterocycles. The van der Waals surface area contributed by atoms with E-state index in [-0.39, 0.29) is 0 Å². The Morgan fingerprint density at radius 2 is 1.38 bits per heavy atom. The molecule has 0 bridgehead atoms. The summed E-state index contributed by atoms with van der Waals surface area (Å²) in [5, 5.41) is 6.71. The molecule has 8 aromatic rings. The molecule has 1 aliphatic carbocycles. The van der Waals surface area contributed by atoms with Gasteiger partial charge in [-0.1, -0.05) is 140 Å². The molecular formula is C48H37NOSSi. The minimum Gasteiger partial charge on any atom is -0.455 e. The van der Waals surface area contributed by atoms with Gasteiger partial charge < -0.3 is 9.32 Å². The zero-order chi connectivity index (χ0) is 34.8. The topological polar surface area (TPSA) is 16.4 Å². The predicted molar refractivity (Wildman–Crippen MR) is 225 cm³/mol. The van der Waals surface area contributed by atoms with Gasteiger partial charge in [0.05, 0.1) is 8.80 Å². The Labute approximate surface area is 310 Å². The number of anilines is 2. The number of furan rings is 1. The second-order valence-corrected chi connectivity index (χ2v) is 18.4. The Hall–Kier alpha value is -5.55. The summed E-state index contributed by atoms with van der Waals surface area (Å²) >= 11 is 1.98. The van der Waals surface area contributed by atoms with Gasteiger partial charge in [0, 0.05) is 49.5 Å². The summed E-state index contributed by atoms with van der Waals surface area (Å²) in [7, 11) is -1.18. The fourth-order valence-electron chi connectivity index (χ4n) is 8.19. The van der Waals surface area contributed by atoms with Crippen LogP contribution in [0, 0.1) is 0 Å². The Bertz CT molecular complexity index is 2720. The standard InChI is InChI=1S/C48H37NOSSi/c1-52(2)46-27-25-41-39-14-5-7-16-43(39)50-48(41)47(46)32-20-22-36(23-21-32)49(38-24-26-45-42(30-38)40-15-6-8-17-44(40)51-45)37-13-9-12-34(29-37)35-19-18-31-10-3-4-11-33(31)28-35/h3-30,42,45,52H,1-2H3. The van der Waals surface area contributed by atoms with Gasteiger partial charge in [0.2, 0.25) is 0 Å². The SMILES string of the molecule is C[SiH](C)c1ccc2c(oc3ccccc32)c1-c1ccc(N(C2=CC3c4ccccc4SC3C=C2)c2cccc(-c3ccc4ccccc4c3)c2)cc1. The molecule has 0 amide bonds. The van der Waals surface area contributed by atoms with Gasteiger partial charge in [-0.2, -0.15) is 0 Å². The van der Waals surface area contributed by atoms with Crippen LogP contribution >= 0.6 is 11.8 Å². The quantitative estimate of drug-likeness (QED) is 0.160. The van der Waals surface area contributed by atoms with Crippen LogP contribution in [0.15, 0.2) is 185 Å². The first-order valence-electron chi connectivity index (χ1n) is 18.2. The Kier molecular flexibility index (Phi) is 7.55. The number of fused-ring (bicyclic) bond motifs is 7. The molecule has 0 fully saturated rings. The van der Waals surface area contributed by atoms with Gasteiger partial charge in [-0.05, 0) is 81.6 Å². The first-order valence-corrected chi connectivity index (χ1v) is 22.0. The van der Waals surface area contributed by atoms with E-state index in [1.165, 1.54) is 65.1 Å². The molecule has 0 spiro atoms. The summed E-state index contributed by atoms with van der Waals surface area (Å²) in [6, 6.07) is 55.5. The molecule has 1 aromatic heterocycles. The van der Waals surface area contributed by atoms with E-state index in [4.69, 9.17) is 4.42 Å². The van der Waals surface area contributed by atoms with Gasteiger partial charge in [-0.15, -0.1) is 11.8 Å². The Balaban J connectivity index is 1.11. The van der Waals surface area contributed by atoms with E-state index < -0.39 is 8.80 Å². The third kappa shape index (κ3) is 5.25. The maximum atomic E-state index is 6.61. The first-order chi connectivity index (χ1) is 25.6. The molecule has 52 heavy (non-hydrogen) atoms. The van der Waals surface area contributed by atoms with Crippen molar-refractivity contribution in [3.8, 4) is 22.3 Å². The monoisotopic (exact) mass is 703 g/mol. The molecule has 0 N–H and O–H groups in total. The van der Waals surface area contributed by atoms with Crippen molar-refractivity contribution in [1.29, 1.82) is 0 Å². The minimum atomic E-state index is -1.18. The van der Waals surface area contributed by atoms with Crippen molar-refractivity contribution in [2.75, 3.05) is 4.90 Å². The van der Waals surface area contributed by atoms with Gasteiger partial charge in [-0.3, -0.25) is 0 Å². The van der Waals surface area contributed by atoms with E-state index in [1.807, 2.05) is 11.8 Å². The van der Waals surface area contributed by atoms with Crippen molar-refractivity contribution in [3.63, 3.8) is 0 Å². The highest BCUT2D eigenvalue weighted by atomic mass is 32.2. The van der Waals surface area contributed by atoms with Crippen LogP contribution in [0.1, 0.15) is 11.5 Å². The maximum absolute atomic E-state index is 6.61. The molecule has 0 saturated carbocycles. The number of nitrogens with zero attached hydrogens (tertiary/aromatic N) is 1. The number of rotatable bonds is 6. The molecule has 2 atom stereocenters. The number of benzene rings is 7. The summed E-state index contributed by atoms with van der Waals surface area (Å²) in [6.45, 7) is 4.81. The van der Waals surface area contributed by atoms with Crippen molar-refractivity contribution in [1.82, 2.24) is 0 Å². The third-order valence-corrected chi connectivity index (χ3v) is 13.8. The highest BCUT2D eigenvalue weighted by molar-refractivity contribution is 8.00. The van der Waals surface area contributed by atoms with Crippen LogP contribution in [-0.4, -0.2) is 14.0 Å². The number of thioether (sulfide) groups is 1. The summed E-state index contributed by atoms with van der Waals surface area (Å²) in [5.74, 6) is 0.330. The van der Waals surface area contributed by atoms with Crippen molar-refractivity contribution >= 4 is 69.8 Å². The lowest BCUT2D eigenvalue weighted by atomic mass is 9.90. The lowest BCUT2D eigenvalue weighted by molar-refractivity contribution is 0.670. The molecule has 1 aliphatic heterocycles. The van der Waals surface area contributed by atoms with Crippen molar-refractivity contribution < 1.29 is 4.42 Å². The molecule has 0 radical (unpaired) electrons. The van der Waals surface area contributed by atoms with Crippen molar-refractivity contribution in [2.24, 2.45) is 0 Å². The molecule has 250 valence electrons. The van der Waals surface area contributed by atoms with Gasteiger partial charge in [0.25, 0.3) is 0 Å². The van der Waals surface area contributed by atoms with Gasteiger partial charge >= 0.3 is 0 Å². The van der Waals surface area contributed by atoms with E-state index in [0.29, 0.717) is 11.2 Å². The van der Waals surface area contributed by atoms with Crippen LogP contribution in [0.25, 0.3) is 55.0 Å². The maximum Gasteiger partial charge on any atom is 0.143 e. The van der Waals surface area contributed by atoms with E-state index in [9.17, 15) is 0 Å². The average molecular weight is 704 g/mol. The second kappa shape index (κ2) is 12.6. The zero-order valence-corrected chi connectivity index (χ0v) is 31.1. The van der Waals surface area contributed by atoms with Gasteiger partial charge in [-0.25, -0.2) is 0 Å². The Morgan fingerprint density at radius 3 is 2.27 bits per heavy atom. The summed E-state index contributed by atoms with van der Waals surface area (Å²) in [4.78, 5) is 3.82. The van der Waals surface area contributed by atoms with E-state index in [2.05, 4.69) is 188 Å². The molecule has 4 heteroatoms. The number of allylic oxidation sites excluding steroid dienone is 2. The molecular weight excluding hydrogens is 667 g/mol. The van der Waals surface area contributed by atoms with Crippen LogP contribution in [0.5, 0.6) is 0 Å². The van der Waals surface area contributed by atoms with E-state index in [1.54, 1.807) is 0 Å². The van der Waals surface area contributed by atoms with Crippen LogP contribution in [-0.2, 0) is 0 Å². The highest BCUT2D eigenvalue weighted by Gasteiger charge is 2.33. The van der Waals surface area contributed by atoms with Crippen molar-refractivity contribution in [3.05, 3.63) is 181 Å². The number of hydrogen-bond acceptors (Lipinski definition) is 3. The fourth-order valence-corrected chi connectivity index (χ4v) is 10.9. The van der Waals surface area contributed by atoms with Crippen molar-refractivity contribution in [2.45, 2.75) is 29.2 Å². The lowest BCUT2D eigenvalue weighted by Gasteiger charge is -2.30. The minimum absolute atomic E-state index is 0.330. The van der Waals surface area contributed by atoms with Gasteiger partial charge in [0.1, 0.15) is 11.2 Å². The predicted octanol–water partition coefficient (Wildman–Crippen LogP) is 12.6. The summed E-state index contributed by atoms with van der Waals surface area (Å²) in [5.41, 5.74) is 11.7. The summed E-state index contributed by atoms with van der Waals surface area (Å²) in [6.07, 6.45) is 7.22. The summed E-state index contributed by atoms with van der Waals surface area (Å²) < 4.78 is 6.61. The smallest absolute Gasteiger partial charge is 0.143 e. The first kappa shape index (κ1) is 31.2. The van der Waals surface area contributed by atoms with E-state index >= 15 is 0 Å². The highest BCUT2D eigenvalue weighted by Crippen LogP contribution is 2.50. The molecule has 2 nitrogen and oxygen atoms in total. The van der Waals surface area contributed by atoms with Crippen LogP contribution in [0.3, 0.4) is 0 Å². The largest absolute Gasteiger partial charge is 0.455 e. The molecule has 2 heterocycles. The second-order valence-electron chi connectivity index (χ2n) is 14.3. The fraction of sp³-hybridized carbons (Fsp3) is 0.0833. The lowest BCUT2D eigenvalue weighted by Crippen LogP contribution is -2.25. The molecule has 2 aliphatic rings. The zero-order valence-electron chi connectivity index (χ0n) is 29.2. The van der Waals surface area contributed by atoms with Gasteiger partial charge in [0.15, 0.2) is 0 Å². The number of para-hydroxylation sites is 1. The van der Waals surface area contributed by atoms with Crippen LogP contribution in [0.4, 0.5) is 11.4 Å². The molecule has 7 aromatic carbocycles. The average Bonchev–Trinajstić information content (AvgIpc) is 3.76. The Morgan fingerprint density at radius 1 is 0.615 bits per heavy atom.